The number of piperidine rings is 1. The van der Waals surface area contributed by atoms with E-state index >= 15 is 0 Å². The average Bonchev–Trinajstić information content (AvgIpc) is 2.83. The molecule has 0 aliphatic carbocycles. The van der Waals surface area contributed by atoms with Gasteiger partial charge in [-0.1, -0.05) is 13.8 Å². The van der Waals surface area contributed by atoms with E-state index in [-0.39, 0.29) is 17.6 Å². The summed E-state index contributed by atoms with van der Waals surface area (Å²) in [4.78, 5) is 30.5. The topological polar surface area (TPSA) is 85.1 Å². The highest BCUT2D eigenvalue weighted by atomic mass is 16.2. The Morgan fingerprint density at radius 1 is 1.38 bits per heavy atom. The fourth-order valence-corrected chi connectivity index (χ4v) is 3.51. The van der Waals surface area contributed by atoms with Crippen molar-refractivity contribution in [1.29, 1.82) is 0 Å². The second-order valence-electron chi connectivity index (χ2n) is 6.97. The van der Waals surface area contributed by atoms with Gasteiger partial charge >= 0.3 is 5.69 Å². The molecule has 1 unspecified atom stereocenters. The molecule has 1 aromatic heterocycles. The van der Waals surface area contributed by atoms with Crippen LogP contribution < -0.4 is 5.69 Å². The van der Waals surface area contributed by atoms with Gasteiger partial charge in [-0.3, -0.25) is 14.7 Å². The van der Waals surface area contributed by atoms with Gasteiger partial charge in [-0.25, -0.2) is 9.89 Å². The Labute approximate surface area is 123 Å². The highest BCUT2D eigenvalue weighted by Crippen LogP contribution is 2.31. The summed E-state index contributed by atoms with van der Waals surface area (Å²) in [5.41, 5.74) is 0.0159. The van der Waals surface area contributed by atoms with Crippen molar-refractivity contribution in [2.24, 2.45) is 5.41 Å². The Bertz CT molecular complexity index is 568. The number of hydrogen-bond acceptors (Lipinski definition) is 4. The van der Waals surface area contributed by atoms with E-state index in [2.05, 4.69) is 33.9 Å². The molecule has 2 fully saturated rings. The molecule has 1 aromatic rings. The summed E-state index contributed by atoms with van der Waals surface area (Å²) in [6.45, 7) is 7.58. The summed E-state index contributed by atoms with van der Waals surface area (Å²) >= 11 is 0. The third-order valence-corrected chi connectivity index (χ3v) is 4.32. The summed E-state index contributed by atoms with van der Waals surface area (Å²) < 4.78 is 0. The summed E-state index contributed by atoms with van der Waals surface area (Å²) in [7, 11) is 0. The molecule has 0 bridgehead atoms. The van der Waals surface area contributed by atoms with Gasteiger partial charge in [-0.15, -0.1) is 0 Å². The van der Waals surface area contributed by atoms with Crippen LogP contribution in [0, 0.1) is 5.41 Å². The lowest BCUT2D eigenvalue weighted by Crippen LogP contribution is -2.56. The van der Waals surface area contributed by atoms with Crippen LogP contribution in [0.4, 0.5) is 0 Å². The van der Waals surface area contributed by atoms with E-state index in [9.17, 15) is 9.59 Å². The number of amides is 1. The molecular weight excluding hydrogens is 270 g/mol. The number of rotatable bonds is 3. The summed E-state index contributed by atoms with van der Waals surface area (Å²) in [5.74, 6) is 0.719. The maximum atomic E-state index is 12.6. The van der Waals surface area contributed by atoms with Gasteiger partial charge in [-0.05, 0) is 24.7 Å². The predicted molar refractivity (Wildman–Crippen MR) is 77.7 cm³/mol. The van der Waals surface area contributed by atoms with Crippen LogP contribution in [0.2, 0.25) is 0 Å². The Morgan fingerprint density at radius 2 is 2.14 bits per heavy atom. The minimum Gasteiger partial charge on any atom is -0.331 e. The average molecular weight is 293 g/mol. The molecule has 2 aliphatic rings. The second-order valence-corrected chi connectivity index (χ2v) is 6.97. The molecular formula is C14H23N5O2. The van der Waals surface area contributed by atoms with Crippen LogP contribution in [0.3, 0.4) is 0 Å². The van der Waals surface area contributed by atoms with Gasteiger partial charge in [-0.2, -0.15) is 5.10 Å². The molecule has 3 heterocycles. The van der Waals surface area contributed by atoms with E-state index in [0.29, 0.717) is 17.8 Å². The van der Waals surface area contributed by atoms with E-state index in [1.165, 1.54) is 0 Å². The third-order valence-electron chi connectivity index (χ3n) is 4.32. The van der Waals surface area contributed by atoms with Crippen LogP contribution in [0.25, 0.3) is 0 Å². The molecule has 2 aliphatic heterocycles. The number of aromatic nitrogens is 3. The summed E-state index contributed by atoms with van der Waals surface area (Å²) in [6, 6.07) is -0.0977. The van der Waals surface area contributed by atoms with Crippen LogP contribution in [-0.2, 0) is 4.79 Å². The van der Waals surface area contributed by atoms with Crippen LogP contribution >= 0.6 is 0 Å². The monoisotopic (exact) mass is 293 g/mol. The minimum atomic E-state index is -0.313. The quantitative estimate of drug-likeness (QED) is 0.849. The standard InChI is InChI=1S/C14H23N5O2/c1-14(2)8-18(9-14)7-11(20)19-6-4-3-5-10(19)12-15-13(21)17-16-12/h10H,3-9H2,1-2H3,(H2,15,16,17,21). The first kappa shape index (κ1) is 14.3. The zero-order chi connectivity index (χ0) is 15.0. The van der Waals surface area contributed by atoms with Gasteiger partial charge in [0, 0.05) is 19.6 Å². The summed E-state index contributed by atoms with van der Waals surface area (Å²) in [6.07, 6.45) is 2.93. The minimum absolute atomic E-state index is 0.0977. The molecule has 3 rings (SSSR count). The third kappa shape index (κ3) is 3.02. The van der Waals surface area contributed by atoms with Crippen LogP contribution in [0.1, 0.15) is 45.0 Å². The Balaban J connectivity index is 1.66. The van der Waals surface area contributed by atoms with Gasteiger partial charge in [0.15, 0.2) is 5.82 Å². The molecule has 0 saturated carbocycles. The highest BCUT2D eigenvalue weighted by Gasteiger charge is 2.37. The Kier molecular flexibility index (Phi) is 3.61. The lowest BCUT2D eigenvalue weighted by molar-refractivity contribution is -0.139. The van der Waals surface area contributed by atoms with Gasteiger partial charge in [0.05, 0.1) is 12.6 Å². The fourth-order valence-electron chi connectivity index (χ4n) is 3.51. The smallest absolute Gasteiger partial charge is 0.331 e. The van der Waals surface area contributed by atoms with Crippen molar-refractivity contribution in [3.8, 4) is 0 Å². The van der Waals surface area contributed by atoms with E-state index in [1.54, 1.807) is 0 Å². The number of nitrogens with zero attached hydrogens (tertiary/aromatic N) is 3. The second kappa shape index (κ2) is 5.29. The highest BCUT2D eigenvalue weighted by molar-refractivity contribution is 5.79. The Hall–Kier alpha value is -1.63. The number of hydrogen-bond donors (Lipinski definition) is 2. The zero-order valence-corrected chi connectivity index (χ0v) is 12.7. The number of carbonyl (C=O) groups is 1. The normalized spacial score (nSPS) is 25.6. The van der Waals surface area contributed by atoms with Gasteiger partial charge in [0.25, 0.3) is 0 Å². The molecule has 0 radical (unpaired) electrons. The number of nitrogens with one attached hydrogen (secondary N) is 2. The van der Waals surface area contributed by atoms with Gasteiger partial charge < -0.3 is 4.90 Å². The van der Waals surface area contributed by atoms with Crippen molar-refractivity contribution in [2.75, 3.05) is 26.2 Å². The van der Waals surface area contributed by atoms with E-state index < -0.39 is 0 Å². The molecule has 7 nitrogen and oxygen atoms in total. The maximum Gasteiger partial charge on any atom is 0.340 e. The fraction of sp³-hybridized carbons (Fsp3) is 0.786. The van der Waals surface area contributed by atoms with Gasteiger partial charge in [0.1, 0.15) is 0 Å². The maximum absolute atomic E-state index is 12.6. The van der Waals surface area contributed by atoms with Crippen LogP contribution in [-0.4, -0.2) is 57.1 Å². The van der Waals surface area contributed by atoms with E-state index in [1.807, 2.05) is 4.90 Å². The molecule has 2 saturated heterocycles. The summed E-state index contributed by atoms with van der Waals surface area (Å²) in [5, 5.41) is 6.40. The van der Waals surface area contributed by atoms with Crippen molar-refractivity contribution in [3.63, 3.8) is 0 Å². The number of aromatic amines is 2. The molecule has 0 aromatic carbocycles. The molecule has 7 heteroatoms. The van der Waals surface area contributed by atoms with E-state index in [0.717, 1.165) is 38.9 Å². The lowest BCUT2D eigenvalue weighted by Gasteiger charge is -2.46. The molecule has 1 amide bonds. The Morgan fingerprint density at radius 3 is 2.76 bits per heavy atom. The number of H-pyrrole nitrogens is 2. The first-order chi connectivity index (χ1) is 9.94. The van der Waals surface area contributed by atoms with Crippen molar-refractivity contribution < 1.29 is 4.79 Å². The first-order valence-electron chi connectivity index (χ1n) is 7.61. The molecule has 2 N–H and O–H groups in total. The van der Waals surface area contributed by atoms with E-state index in [4.69, 9.17) is 0 Å². The van der Waals surface area contributed by atoms with Crippen molar-refractivity contribution in [2.45, 2.75) is 39.2 Å². The lowest BCUT2D eigenvalue weighted by atomic mass is 9.84. The molecule has 116 valence electrons. The molecule has 0 spiro atoms. The van der Waals surface area contributed by atoms with Crippen molar-refractivity contribution >= 4 is 5.91 Å². The van der Waals surface area contributed by atoms with Crippen LogP contribution in [0.15, 0.2) is 4.79 Å². The van der Waals surface area contributed by atoms with Crippen molar-refractivity contribution in [3.05, 3.63) is 16.3 Å². The number of likely N-dealkylation sites (tertiary alicyclic amines) is 2. The molecule has 21 heavy (non-hydrogen) atoms. The largest absolute Gasteiger partial charge is 0.340 e. The number of carbonyl (C=O) groups excluding carboxylic acids is 1. The zero-order valence-electron chi connectivity index (χ0n) is 12.7. The SMILES string of the molecule is CC1(C)CN(CC(=O)N2CCCCC2c2n[nH]c(=O)[nH]2)C1. The predicted octanol–water partition coefficient (Wildman–Crippen LogP) is 0.493. The van der Waals surface area contributed by atoms with Gasteiger partial charge in [0.2, 0.25) is 5.91 Å². The first-order valence-corrected chi connectivity index (χ1v) is 7.61. The van der Waals surface area contributed by atoms with Crippen LogP contribution in [0.5, 0.6) is 0 Å². The molecule has 1 atom stereocenters. The van der Waals surface area contributed by atoms with Crippen molar-refractivity contribution in [1.82, 2.24) is 25.0 Å².